The van der Waals surface area contributed by atoms with E-state index in [1.54, 1.807) is 11.3 Å². The standard InChI is InChI=1S/C7H11BrN2O2S2/c8-6-3-7(13-5-6)4-10-1-2-14(9,11)12/h3,5,10H,1-2,4H2,(H2,9,11,12). The van der Waals surface area contributed by atoms with Crippen LogP contribution >= 0.6 is 27.3 Å². The van der Waals surface area contributed by atoms with Crippen molar-refractivity contribution in [2.75, 3.05) is 12.3 Å². The molecule has 1 aromatic heterocycles. The number of nitrogens with two attached hydrogens (primary N) is 1. The van der Waals surface area contributed by atoms with E-state index >= 15 is 0 Å². The zero-order valence-electron chi connectivity index (χ0n) is 7.36. The summed E-state index contributed by atoms with van der Waals surface area (Å²) >= 11 is 4.96. The highest BCUT2D eigenvalue weighted by molar-refractivity contribution is 9.10. The largest absolute Gasteiger partial charge is 0.311 e. The molecular weight excluding hydrogens is 288 g/mol. The Kier molecular flexibility index (Phi) is 4.52. The van der Waals surface area contributed by atoms with Crippen molar-refractivity contribution in [3.05, 3.63) is 20.8 Å². The number of thiophene rings is 1. The van der Waals surface area contributed by atoms with E-state index in [9.17, 15) is 8.42 Å². The van der Waals surface area contributed by atoms with Crippen LogP contribution in [-0.4, -0.2) is 20.7 Å². The molecule has 0 radical (unpaired) electrons. The van der Waals surface area contributed by atoms with Crippen molar-refractivity contribution in [1.29, 1.82) is 0 Å². The molecule has 80 valence electrons. The molecule has 1 aromatic rings. The van der Waals surface area contributed by atoms with Crippen molar-refractivity contribution in [2.45, 2.75) is 6.54 Å². The molecule has 0 bridgehead atoms. The van der Waals surface area contributed by atoms with Gasteiger partial charge in [-0.25, -0.2) is 13.6 Å². The molecule has 14 heavy (non-hydrogen) atoms. The lowest BCUT2D eigenvalue weighted by molar-refractivity contribution is 0.592. The Labute approximate surface area is 95.7 Å². The van der Waals surface area contributed by atoms with Crippen LogP contribution in [0.2, 0.25) is 0 Å². The lowest BCUT2D eigenvalue weighted by atomic mass is 10.4. The van der Waals surface area contributed by atoms with Crippen molar-refractivity contribution in [3.8, 4) is 0 Å². The average Bonchev–Trinajstić information content (AvgIpc) is 2.44. The van der Waals surface area contributed by atoms with Gasteiger partial charge < -0.3 is 5.32 Å². The van der Waals surface area contributed by atoms with E-state index in [-0.39, 0.29) is 5.75 Å². The molecule has 1 rings (SSSR count). The van der Waals surface area contributed by atoms with Crippen molar-refractivity contribution in [3.63, 3.8) is 0 Å². The molecule has 0 atom stereocenters. The number of primary sulfonamides is 1. The third kappa shape index (κ3) is 5.06. The number of nitrogens with one attached hydrogen (secondary N) is 1. The van der Waals surface area contributed by atoms with Crippen molar-refractivity contribution >= 4 is 37.3 Å². The maximum Gasteiger partial charge on any atom is 0.210 e. The van der Waals surface area contributed by atoms with Gasteiger partial charge in [0.05, 0.1) is 5.75 Å². The maximum absolute atomic E-state index is 10.6. The summed E-state index contributed by atoms with van der Waals surface area (Å²) in [5, 5.41) is 9.83. The molecule has 0 amide bonds. The Morgan fingerprint density at radius 1 is 1.57 bits per heavy atom. The van der Waals surface area contributed by atoms with Crippen LogP contribution in [0.5, 0.6) is 0 Å². The number of hydrogen-bond donors (Lipinski definition) is 2. The summed E-state index contributed by atoms with van der Waals surface area (Å²) < 4.78 is 22.2. The minimum absolute atomic E-state index is 0.0282. The summed E-state index contributed by atoms with van der Waals surface area (Å²) in [6, 6.07) is 1.99. The Morgan fingerprint density at radius 3 is 2.79 bits per heavy atom. The summed E-state index contributed by atoms with van der Waals surface area (Å²) in [7, 11) is -3.34. The van der Waals surface area contributed by atoms with Gasteiger partial charge >= 0.3 is 0 Å². The second-order valence-electron chi connectivity index (χ2n) is 2.77. The lowest BCUT2D eigenvalue weighted by Gasteiger charge is -2.00. The molecule has 0 saturated carbocycles. The Balaban J connectivity index is 2.23. The van der Waals surface area contributed by atoms with Crippen LogP contribution in [0.25, 0.3) is 0 Å². The molecule has 0 spiro atoms. The highest BCUT2D eigenvalue weighted by atomic mass is 79.9. The lowest BCUT2D eigenvalue weighted by Crippen LogP contribution is -2.26. The average molecular weight is 299 g/mol. The number of halogens is 1. The molecule has 4 nitrogen and oxygen atoms in total. The third-order valence-electron chi connectivity index (χ3n) is 1.48. The molecule has 0 saturated heterocycles. The van der Waals surface area contributed by atoms with Crippen LogP contribution in [0.1, 0.15) is 4.88 Å². The van der Waals surface area contributed by atoms with Gasteiger partial charge in [-0.05, 0) is 22.0 Å². The van der Waals surface area contributed by atoms with Gasteiger partial charge in [0.2, 0.25) is 10.0 Å². The summed E-state index contributed by atoms with van der Waals surface area (Å²) in [5.74, 6) is -0.0282. The highest BCUT2D eigenvalue weighted by Crippen LogP contribution is 2.19. The van der Waals surface area contributed by atoms with E-state index in [4.69, 9.17) is 5.14 Å². The molecule has 0 unspecified atom stereocenters. The summed E-state index contributed by atoms with van der Waals surface area (Å²) in [5.41, 5.74) is 0. The monoisotopic (exact) mass is 298 g/mol. The number of rotatable bonds is 5. The van der Waals surface area contributed by atoms with Crippen molar-refractivity contribution < 1.29 is 8.42 Å². The van der Waals surface area contributed by atoms with Crippen LogP contribution in [0.3, 0.4) is 0 Å². The van der Waals surface area contributed by atoms with Gasteiger partial charge in [-0.3, -0.25) is 0 Å². The van der Waals surface area contributed by atoms with E-state index in [1.165, 1.54) is 0 Å². The fourth-order valence-corrected chi connectivity index (χ4v) is 2.72. The van der Waals surface area contributed by atoms with Crippen molar-refractivity contribution in [2.24, 2.45) is 5.14 Å². The normalized spacial score (nSPS) is 11.9. The van der Waals surface area contributed by atoms with Crippen LogP contribution in [0.15, 0.2) is 15.9 Å². The molecule has 3 N–H and O–H groups in total. The number of sulfonamides is 1. The van der Waals surface area contributed by atoms with Crippen LogP contribution < -0.4 is 10.5 Å². The van der Waals surface area contributed by atoms with Gasteiger partial charge in [0.25, 0.3) is 0 Å². The fraction of sp³-hybridized carbons (Fsp3) is 0.429. The van der Waals surface area contributed by atoms with Gasteiger partial charge in [0.15, 0.2) is 0 Å². The highest BCUT2D eigenvalue weighted by Gasteiger charge is 2.02. The number of hydrogen-bond acceptors (Lipinski definition) is 4. The topological polar surface area (TPSA) is 72.2 Å². The van der Waals surface area contributed by atoms with Gasteiger partial charge in [0.1, 0.15) is 0 Å². The first kappa shape index (κ1) is 12.1. The van der Waals surface area contributed by atoms with Crippen molar-refractivity contribution in [1.82, 2.24) is 5.32 Å². The zero-order valence-corrected chi connectivity index (χ0v) is 10.6. The van der Waals surface area contributed by atoms with Crippen LogP contribution in [0, 0.1) is 0 Å². The molecule has 0 aliphatic carbocycles. The maximum atomic E-state index is 10.6. The van der Waals surface area contributed by atoms with Gasteiger partial charge in [-0.2, -0.15) is 0 Å². The van der Waals surface area contributed by atoms with Gasteiger partial charge in [-0.1, -0.05) is 0 Å². The van der Waals surface area contributed by atoms with Gasteiger partial charge in [0, 0.05) is 27.8 Å². The van der Waals surface area contributed by atoms with Crippen LogP contribution in [-0.2, 0) is 16.6 Å². The summed E-state index contributed by atoms with van der Waals surface area (Å²) in [6.07, 6.45) is 0. The minimum Gasteiger partial charge on any atom is -0.311 e. The van der Waals surface area contributed by atoms with E-state index in [0.717, 1.165) is 9.35 Å². The summed E-state index contributed by atoms with van der Waals surface area (Å²) in [6.45, 7) is 1.06. The van der Waals surface area contributed by atoms with E-state index in [0.29, 0.717) is 13.1 Å². The summed E-state index contributed by atoms with van der Waals surface area (Å²) in [4.78, 5) is 1.16. The molecule has 7 heteroatoms. The Hall–Kier alpha value is 0.0500. The smallest absolute Gasteiger partial charge is 0.210 e. The first-order chi connectivity index (χ1) is 6.47. The predicted octanol–water partition coefficient (Wildman–Crippen LogP) is 0.889. The van der Waals surface area contributed by atoms with E-state index in [2.05, 4.69) is 21.2 Å². The zero-order chi connectivity index (χ0) is 10.6. The van der Waals surface area contributed by atoms with Gasteiger partial charge in [-0.15, -0.1) is 11.3 Å². The quantitative estimate of drug-likeness (QED) is 0.793. The van der Waals surface area contributed by atoms with Crippen LogP contribution in [0.4, 0.5) is 0 Å². The Morgan fingerprint density at radius 2 is 2.29 bits per heavy atom. The predicted molar refractivity (Wildman–Crippen MR) is 61.7 cm³/mol. The molecule has 0 fully saturated rings. The molecule has 0 aliphatic heterocycles. The van der Waals surface area contributed by atoms with E-state index < -0.39 is 10.0 Å². The molecule has 0 aliphatic rings. The molecular formula is C7H11BrN2O2S2. The second-order valence-corrected chi connectivity index (χ2v) is 6.42. The van der Waals surface area contributed by atoms with E-state index in [1.807, 2.05) is 11.4 Å². The SMILES string of the molecule is NS(=O)(=O)CCNCc1cc(Br)cs1. The first-order valence-corrected chi connectivity index (χ1v) is 7.30. The Bertz CT molecular complexity index is 388. The third-order valence-corrected chi connectivity index (χ3v) is 3.96. The molecule has 0 aromatic carbocycles. The first-order valence-electron chi connectivity index (χ1n) is 3.91. The molecule has 1 heterocycles. The second kappa shape index (κ2) is 5.22. The minimum atomic E-state index is -3.34. The fourth-order valence-electron chi connectivity index (χ4n) is 0.873.